The number of anilines is 10. The molecule has 32 nitrogen and oxygen atoms in total. The second kappa shape index (κ2) is 41.4. The van der Waals surface area contributed by atoms with E-state index in [9.17, 15) is 47.9 Å². The van der Waals surface area contributed by atoms with Crippen LogP contribution in [0.4, 0.5) is 105 Å². The first-order valence-electron chi connectivity index (χ1n) is 35.1. The molecule has 0 aliphatic carbocycles. The Labute approximate surface area is 650 Å². The van der Waals surface area contributed by atoms with Gasteiger partial charge in [-0.05, 0) is 121 Å². The van der Waals surface area contributed by atoms with Gasteiger partial charge in [-0.1, -0.05) is 182 Å². The van der Waals surface area contributed by atoms with Gasteiger partial charge in [0.05, 0.1) is 0 Å². The van der Waals surface area contributed by atoms with E-state index in [1.165, 1.54) is 0 Å². The highest BCUT2D eigenvalue weighted by Crippen LogP contribution is 2.34. The Morgan fingerprint density at radius 3 is 0.526 bits per heavy atom. The monoisotopic (exact) mass is 1550 g/mol. The number of para-hydroxylation sites is 10. The van der Waals surface area contributed by atoms with Crippen LogP contribution >= 0.6 is 0 Å². The number of ether oxygens (including phenoxy) is 12. The van der Waals surface area contributed by atoms with Crippen molar-refractivity contribution >= 4 is 118 Å². The molecule has 114 heavy (non-hydrogen) atoms. The molecule has 2 heterocycles. The van der Waals surface area contributed by atoms with Crippen molar-refractivity contribution in [2.75, 3.05) is 66.4 Å². The fourth-order valence-electron chi connectivity index (χ4n) is 11.0. The smallest absolute Gasteiger partial charge is 0.414 e. The van der Waals surface area contributed by atoms with Crippen LogP contribution in [0.1, 0.15) is 0 Å². The van der Waals surface area contributed by atoms with Crippen molar-refractivity contribution in [3.05, 3.63) is 303 Å². The minimum atomic E-state index is -1.85. The average molecular weight is 1550 g/mol. The molecule has 10 aromatic rings. The summed E-state index contributed by atoms with van der Waals surface area (Å²) in [7, 11) is 0. The van der Waals surface area contributed by atoms with Crippen molar-refractivity contribution in [2.24, 2.45) is 0 Å². The van der Waals surface area contributed by atoms with E-state index in [1.54, 1.807) is 303 Å². The summed E-state index contributed by atoms with van der Waals surface area (Å²) in [5.41, 5.74) is 3.57. The number of carbonyl (C=O) groups excluding carboxylic acids is 10. The zero-order valence-electron chi connectivity index (χ0n) is 60.0. The Morgan fingerprint density at radius 2 is 0.342 bits per heavy atom. The summed E-state index contributed by atoms with van der Waals surface area (Å²) in [4.78, 5) is 134. The van der Waals surface area contributed by atoms with Gasteiger partial charge >= 0.3 is 60.9 Å². The lowest BCUT2D eigenvalue weighted by molar-refractivity contribution is -0.279. The molecule has 2 aliphatic rings. The zero-order valence-corrected chi connectivity index (χ0v) is 60.0. The van der Waals surface area contributed by atoms with Crippen LogP contribution in [0.5, 0.6) is 0 Å². The van der Waals surface area contributed by atoms with Gasteiger partial charge in [-0.2, -0.15) is 0 Å². The van der Waals surface area contributed by atoms with Crippen molar-refractivity contribution in [3.8, 4) is 0 Å². The summed E-state index contributed by atoms with van der Waals surface area (Å²) >= 11 is 0. The molecule has 0 spiro atoms. The van der Waals surface area contributed by atoms with E-state index >= 15 is 0 Å². The molecule has 10 atom stereocenters. The quantitative estimate of drug-likeness (QED) is 0.0282. The Bertz CT molecular complexity index is 4460. The van der Waals surface area contributed by atoms with Gasteiger partial charge in [-0.15, -0.1) is 0 Å². The average Bonchev–Trinajstić information content (AvgIpc) is 0.783. The van der Waals surface area contributed by atoms with Crippen LogP contribution in [0.25, 0.3) is 0 Å². The topological polar surface area (TPSA) is 402 Å². The van der Waals surface area contributed by atoms with E-state index < -0.39 is 136 Å². The molecule has 0 radical (unpaired) electrons. The standard InChI is InChI=1S/2C41H37N5O11/c2*47-37(42-27-16-6-1-7-17-27)52-26-32-33(54-38(48)43-28-18-8-2-9-19-28)34(55-39(49)44-29-20-10-3-11-21-29)35(56-40(50)45-30-22-12-4-13-23-30)36(53-32)57-41(51)46-31-24-14-5-15-25-31/h2*1-25,32-36H,26H2,(H,42,47)(H,43,48)(H,44,49)(H,45,50)(H,46,51). The third-order valence-electron chi connectivity index (χ3n) is 16.0. The fraction of sp³-hybridized carbons (Fsp3) is 0.146. The second-order valence-corrected chi connectivity index (χ2v) is 24.2. The third kappa shape index (κ3) is 25.5. The highest BCUT2D eigenvalue weighted by atomic mass is 16.8. The Hall–Kier alpha value is -15.2. The molecule has 10 amide bonds. The number of amides is 10. The lowest BCUT2D eigenvalue weighted by Crippen LogP contribution is -2.64. The van der Waals surface area contributed by atoms with Gasteiger partial charge in [0.25, 0.3) is 0 Å². The lowest BCUT2D eigenvalue weighted by atomic mass is 9.98. The molecule has 10 unspecified atom stereocenters. The summed E-state index contributed by atoms with van der Waals surface area (Å²) in [6.45, 7) is -1.30. The molecular formula is C82H74N10O22. The van der Waals surface area contributed by atoms with Gasteiger partial charge in [-0.3, -0.25) is 53.2 Å². The highest BCUT2D eigenvalue weighted by Gasteiger charge is 2.57. The second-order valence-electron chi connectivity index (χ2n) is 24.2. The molecule has 0 saturated carbocycles. The first kappa shape index (κ1) is 79.9. The Balaban J connectivity index is 0.000000225. The predicted molar refractivity (Wildman–Crippen MR) is 415 cm³/mol. The molecule has 584 valence electrons. The Morgan fingerprint density at radius 1 is 0.193 bits per heavy atom. The SMILES string of the molecule is O=C(Nc1ccccc1)OCC1OC(OC(=O)Nc2ccccc2)C(OC(=O)Nc2ccccc2)C(OC(=O)Nc2ccccc2)C1OC(=O)Nc1ccccc1.O=C(Nc1ccccc1)OCC1OC(OC(=O)Nc2ccccc2)C(OC(=O)Nc2ccccc2)C(OC(=O)Nc2ccccc2)C1OC(=O)Nc1ccccc1. The summed E-state index contributed by atoms with van der Waals surface area (Å²) in [5.74, 6) is 0. The van der Waals surface area contributed by atoms with Gasteiger partial charge in [0.1, 0.15) is 25.4 Å². The van der Waals surface area contributed by atoms with Gasteiger partial charge in [-0.25, -0.2) is 47.9 Å². The maximum Gasteiger partial charge on any atom is 0.414 e. The van der Waals surface area contributed by atoms with Gasteiger partial charge < -0.3 is 56.8 Å². The van der Waals surface area contributed by atoms with Crippen LogP contribution < -0.4 is 53.2 Å². The maximum absolute atomic E-state index is 13.6. The number of carbonyl (C=O) groups is 10. The third-order valence-corrected chi connectivity index (χ3v) is 16.0. The number of rotatable bonds is 22. The summed E-state index contributed by atoms with van der Waals surface area (Å²) in [6, 6.07) is 83.1. The number of benzene rings is 10. The first-order valence-corrected chi connectivity index (χ1v) is 35.1. The van der Waals surface area contributed by atoms with E-state index in [0.29, 0.717) is 56.9 Å². The van der Waals surface area contributed by atoms with Crippen LogP contribution in [0, 0.1) is 0 Å². The van der Waals surface area contributed by atoms with Gasteiger partial charge in [0.15, 0.2) is 24.4 Å². The van der Waals surface area contributed by atoms with Crippen LogP contribution in [0.3, 0.4) is 0 Å². The van der Waals surface area contributed by atoms with E-state index in [0.717, 1.165) is 0 Å². The predicted octanol–water partition coefficient (Wildman–Crippen LogP) is 16.1. The molecule has 2 aliphatic heterocycles. The molecular weight excluding hydrogens is 1480 g/mol. The van der Waals surface area contributed by atoms with E-state index in [1.807, 2.05) is 0 Å². The molecule has 12 rings (SSSR count). The maximum atomic E-state index is 13.6. The van der Waals surface area contributed by atoms with E-state index in [-0.39, 0.29) is 0 Å². The van der Waals surface area contributed by atoms with Crippen LogP contribution in [-0.4, -0.2) is 136 Å². The number of hydrogen-bond acceptors (Lipinski definition) is 22. The minimum Gasteiger partial charge on any atom is -0.446 e. The van der Waals surface area contributed by atoms with Crippen molar-refractivity contribution in [3.63, 3.8) is 0 Å². The normalized spacial score (nSPS) is 18.4. The highest BCUT2D eigenvalue weighted by molar-refractivity contribution is 5.90. The van der Waals surface area contributed by atoms with Gasteiger partial charge in [0, 0.05) is 56.9 Å². The largest absolute Gasteiger partial charge is 0.446 e. The van der Waals surface area contributed by atoms with Crippen molar-refractivity contribution in [1.82, 2.24) is 0 Å². The molecule has 32 heteroatoms. The molecule has 0 aromatic heterocycles. The van der Waals surface area contributed by atoms with Crippen LogP contribution in [0.15, 0.2) is 303 Å². The van der Waals surface area contributed by atoms with Crippen LogP contribution in [0.2, 0.25) is 0 Å². The molecule has 2 fully saturated rings. The van der Waals surface area contributed by atoms with Crippen molar-refractivity contribution < 1.29 is 105 Å². The van der Waals surface area contributed by atoms with Crippen molar-refractivity contribution in [2.45, 2.75) is 61.4 Å². The fourth-order valence-corrected chi connectivity index (χ4v) is 11.0. The van der Waals surface area contributed by atoms with E-state index in [4.69, 9.17) is 56.8 Å². The minimum absolute atomic E-state index is 0.334. The van der Waals surface area contributed by atoms with Crippen LogP contribution in [-0.2, 0) is 56.8 Å². The first-order chi connectivity index (χ1) is 55.6. The zero-order chi connectivity index (χ0) is 79.6. The Kier molecular flexibility index (Phi) is 29.0. The summed E-state index contributed by atoms with van der Waals surface area (Å²) in [5, 5.41) is 25.6. The molecule has 10 aromatic carbocycles. The molecule has 2 saturated heterocycles. The van der Waals surface area contributed by atoms with Crippen molar-refractivity contribution in [1.29, 1.82) is 0 Å². The number of hydrogen-bond donors (Lipinski definition) is 10. The lowest BCUT2D eigenvalue weighted by Gasteiger charge is -2.43. The summed E-state index contributed by atoms with van der Waals surface area (Å²) < 4.78 is 69.6. The van der Waals surface area contributed by atoms with Gasteiger partial charge in [0.2, 0.25) is 24.8 Å². The molecule has 0 bridgehead atoms. The van der Waals surface area contributed by atoms with E-state index in [2.05, 4.69) is 53.2 Å². The molecule has 10 N–H and O–H groups in total. The summed E-state index contributed by atoms with van der Waals surface area (Å²) in [6.07, 6.45) is -27.6. The number of nitrogens with one attached hydrogen (secondary N) is 10.